The number of thiocarbonyl (C=S) groups is 1. The summed E-state index contributed by atoms with van der Waals surface area (Å²) in [5.74, 6) is 1.60. The molecule has 1 fully saturated rings. The highest BCUT2D eigenvalue weighted by molar-refractivity contribution is 7.80. The lowest BCUT2D eigenvalue weighted by molar-refractivity contribution is 0.403. The fraction of sp³-hybridized carbons (Fsp3) is 0.214. The predicted molar refractivity (Wildman–Crippen MR) is 144 cm³/mol. The average molecular weight is 501 g/mol. The molecule has 36 heavy (non-hydrogen) atoms. The molecular formula is C28H28N4O3S. The number of phenols is 1. The molecule has 0 saturated carbocycles. The smallest absolute Gasteiger partial charge is 0.174 e. The van der Waals surface area contributed by atoms with Crippen LogP contribution in [-0.4, -0.2) is 34.0 Å². The quantitative estimate of drug-likeness (QED) is 0.344. The molecule has 2 aromatic heterocycles. The molecule has 2 N–H and O–H groups in total. The summed E-state index contributed by atoms with van der Waals surface area (Å²) in [5.41, 5.74) is 5.46. The number of hydrogen-bond acceptors (Lipinski definition) is 5. The van der Waals surface area contributed by atoms with Crippen molar-refractivity contribution in [3.63, 3.8) is 0 Å². The van der Waals surface area contributed by atoms with E-state index < -0.39 is 0 Å². The number of hydrogen-bond donors (Lipinski definition) is 2. The fourth-order valence-corrected chi connectivity index (χ4v) is 5.37. The number of aromatic nitrogens is 2. The number of phenolic OH excluding ortho intramolecular Hbond substituents is 1. The van der Waals surface area contributed by atoms with Crippen LogP contribution in [-0.2, 0) is 0 Å². The zero-order chi connectivity index (χ0) is 25.4. The number of nitrogens with zero attached hydrogens (tertiary/aromatic N) is 3. The zero-order valence-electron chi connectivity index (χ0n) is 20.6. The largest absolute Gasteiger partial charge is 0.506 e. The van der Waals surface area contributed by atoms with Gasteiger partial charge in [-0.2, -0.15) is 0 Å². The summed E-state index contributed by atoms with van der Waals surface area (Å²) in [5, 5.41) is 14.7. The van der Waals surface area contributed by atoms with Crippen molar-refractivity contribution in [1.82, 2.24) is 14.9 Å². The molecule has 7 nitrogen and oxygen atoms in total. The highest BCUT2D eigenvalue weighted by Crippen LogP contribution is 2.47. The van der Waals surface area contributed by atoms with Crippen molar-refractivity contribution in [2.24, 2.45) is 0 Å². The van der Waals surface area contributed by atoms with Crippen LogP contribution >= 0.6 is 12.2 Å². The second-order valence-electron chi connectivity index (χ2n) is 8.68. The summed E-state index contributed by atoms with van der Waals surface area (Å²) < 4.78 is 13.3. The Kier molecular flexibility index (Phi) is 6.28. The number of benzene rings is 2. The number of aryl methyl sites for hydroxylation is 1. The van der Waals surface area contributed by atoms with Crippen LogP contribution in [0.1, 0.15) is 34.7 Å². The van der Waals surface area contributed by atoms with E-state index in [1.54, 1.807) is 26.5 Å². The molecule has 4 aromatic rings. The summed E-state index contributed by atoms with van der Waals surface area (Å²) in [6.07, 6.45) is 1.79. The van der Waals surface area contributed by atoms with Crippen molar-refractivity contribution in [3.8, 4) is 22.9 Å². The van der Waals surface area contributed by atoms with E-state index in [2.05, 4.69) is 32.8 Å². The standard InChI is InChI=1S/C28H28N4O3S/c1-17-15-20(18(2)31(17)22-10-5-6-11-24(22)33)27-26(21-9-7-8-14-29-21)30-28(36)32(27)23-16-19(34-3)12-13-25(23)35-4/h5-16,26-27,33H,1-4H3,(H,30,36)/t26-,27+/m0/s1. The van der Waals surface area contributed by atoms with Gasteiger partial charge in [-0.15, -0.1) is 0 Å². The minimum atomic E-state index is -0.237. The van der Waals surface area contributed by atoms with Crippen LogP contribution in [0.4, 0.5) is 5.69 Å². The summed E-state index contributed by atoms with van der Waals surface area (Å²) in [7, 11) is 3.29. The van der Waals surface area contributed by atoms with E-state index in [0.717, 1.165) is 34.0 Å². The molecule has 8 heteroatoms. The van der Waals surface area contributed by atoms with Crippen LogP contribution in [0.5, 0.6) is 17.2 Å². The molecule has 2 aromatic carbocycles. The summed E-state index contributed by atoms with van der Waals surface area (Å²) in [6, 6.07) is 20.6. The summed E-state index contributed by atoms with van der Waals surface area (Å²) in [6.45, 7) is 4.10. The van der Waals surface area contributed by atoms with Gasteiger partial charge in [0, 0.05) is 23.7 Å². The van der Waals surface area contributed by atoms with Crippen molar-refractivity contribution in [1.29, 1.82) is 0 Å². The van der Waals surface area contributed by atoms with Gasteiger partial charge in [-0.05, 0) is 74.1 Å². The molecule has 0 amide bonds. The lowest BCUT2D eigenvalue weighted by Crippen LogP contribution is -2.30. The highest BCUT2D eigenvalue weighted by atomic mass is 32.1. The Balaban J connectivity index is 1.73. The molecule has 5 rings (SSSR count). The Morgan fingerprint density at radius 1 is 0.944 bits per heavy atom. The van der Waals surface area contributed by atoms with Gasteiger partial charge in [0.2, 0.25) is 0 Å². The first kappa shape index (κ1) is 23.7. The average Bonchev–Trinajstić information content (AvgIpc) is 3.39. The molecule has 0 bridgehead atoms. The number of rotatable bonds is 6. The second kappa shape index (κ2) is 9.54. The molecule has 0 spiro atoms. The number of aromatic hydroxyl groups is 1. The van der Waals surface area contributed by atoms with E-state index in [0.29, 0.717) is 16.6 Å². The molecule has 3 heterocycles. The van der Waals surface area contributed by atoms with Crippen molar-refractivity contribution < 1.29 is 14.6 Å². The number of ether oxygens (including phenoxy) is 2. The van der Waals surface area contributed by atoms with Gasteiger partial charge in [0.1, 0.15) is 17.2 Å². The minimum Gasteiger partial charge on any atom is -0.506 e. The molecular weight excluding hydrogens is 472 g/mol. The Morgan fingerprint density at radius 3 is 2.42 bits per heavy atom. The van der Waals surface area contributed by atoms with Crippen molar-refractivity contribution in [3.05, 3.63) is 95.6 Å². The number of pyridine rings is 1. The first-order valence-electron chi connectivity index (χ1n) is 11.6. The van der Waals surface area contributed by atoms with E-state index in [4.69, 9.17) is 21.7 Å². The van der Waals surface area contributed by atoms with Gasteiger partial charge in [-0.25, -0.2) is 0 Å². The second-order valence-corrected chi connectivity index (χ2v) is 9.07. The molecule has 0 radical (unpaired) electrons. The van der Waals surface area contributed by atoms with Crippen molar-refractivity contribution in [2.45, 2.75) is 25.9 Å². The lowest BCUT2D eigenvalue weighted by Gasteiger charge is -2.29. The molecule has 1 saturated heterocycles. The third kappa shape index (κ3) is 3.93. The van der Waals surface area contributed by atoms with Crippen LogP contribution in [0.15, 0.2) is 72.9 Å². The SMILES string of the molecule is COc1ccc(OC)c(N2C(=S)N[C@@H](c3ccccn3)[C@H]2c2cc(C)n(-c3ccccc3O)c2C)c1. The van der Waals surface area contributed by atoms with Crippen LogP contribution < -0.4 is 19.7 Å². The number of methoxy groups -OCH3 is 2. The van der Waals surface area contributed by atoms with E-state index in [9.17, 15) is 5.11 Å². The van der Waals surface area contributed by atoms with Crippen LogP contribution in [0.2, 0.25) is 0 Å². The van der Waals surface area contributed by atoms with E-state index in [-0.39, 0.29) is 17.8 Å². The number of anilines is 1. The first-order chi connectivity index (χ1) is 17.4. The predicted octanol–water partition coefficient (Wildman–Crippen LogP) is 5.39. The molecule has 1 aliphatic rings. The highest BCUT2D eigenvalue weighted by Gasteiger charge is 2.43. The monoisotopic (exact) mass is 500 g/mol. The Bertz CT molecular complexity index is 1420. The van der Waals surface area contributed by atoms with Crippen LogP contribution in [0, 0.1) is 13.8 Å². The summed E-state index contributed by atoms with van der Waals surface area (Å²) >= 11 is 5.90. The minimum absolute atomic E-state index is 0.215. The zero-order valence-corrected chi connectivity index (χ0v) is 21.4. The topological polar surface area (TPSA) is 71.8 Å². The van der Waals surface area contributed by atoms with Gasteiger partial charge in [0.15, 0.2) is 5.11 Å². The van der Waals surface area contributed by atoms with Gasteiger partial charge < -0.3 is 29.4 Å². The van der Waals surface area contributed by atoms with Crippen LogP contribution in [0.25, 0.3) is 5.69 Å². The lowest BCUT2D eigenvalue weighted by atomic mass is 9.96. The first-order valence-corrected chi connectivity index (χ1v) is 12.0. The number of para-hydroxylation sites is 2. The summed E-state index contributed by atoms with van der Waals surface area (Å²) in [4.78, 5) is 6.73. The maximum atomic E-state index is 10.6. The Labute approximate surface area is 215 Å². The fourth-order valence-electron chi connectivity index (χ4n) is 5.03. The molecule has 0 unspecified atom stereocenters. The normalized spacial score (nSPS) is 17.2. The third-order valence-corrected chi connectivity index (χ3v) is 6.97. The molecule has 1 aliphatic heterocycles. The Morgan fingerprint density at radius 2 is 1.72 bits per heavy atom. The van der Waals surface area contributed by atoms with E-state index in [1.807, 2.05) is 61.5 Å². The number of nitrogens with one attached hydrogen (secondary N) is 1. The maximum Gasteiger partial charge on any atom is 0.174 e. The third-order valence-electron chi connectivity index (χ3n) is 6.66. The van der Waals surface area contributed by atoms with Crippen molar-refractivity contribution in [2.75, 3.05) is 19.1 Å². The molecule has 184 valence electrons. The van der Waals surface area contributed by atoms with Gasteiger partial charge in [0.05, 0.1) is 43.4 Å². The molecule has 2 atom stereocenters. The van der Waals surface area contributed by atoms with Gasteiger partial charge in [-0.1, -0.05) is 18.2 Å². The van der Waals surface area contributed by atoms with Gasteiger partial charge in [0.25, 0.3) is 0 Å². The van der Waals surface area contributed by atoms with E-state index in [1.165, 1.54) is 0 Å². The van der Waals surface area contributed by atoms with Crippen LogP contribution in [0.3, 0.4) is 0 Å². The van der Waals surface area contributed by atoms with Crippen molar-refractivity contribution >= 4 is 23.0 Å². The van der Waals surface area contributed by atoms with E-state index >= 15 is 0 Å². The Hall–Kier alpha value is -4.04. The van der Waals surface area contributed by atoms with Gasteiger partial charge in [-0.3, -0.25) is 4.98 Å². The van der Waals surface area contributed by atoms with Gasteiger partial charge >= 0.3 is 0 Å². The molecule has 0 aliphatic carbocycles. The maximum absolute atomic E-state index is 10.6.